The average molecular weight is 269 g/mol. The number of aliphatic hydroxyl groups is 1. The van der Waals surface area contributed by atoms with Crippen LogP contribution in [0.2, 0.25) is 0 Å². The number of hydrogen-bond acceptors (Lipinski definition) is 4. The van der Waals surface area contributed by atoms with E-state index in [4.69, 9.17) is 0 Å². The molecule has 0 aliphatic carbocycles. The van der Waals surface area contributed by atoms with Gasteiger partial charge >= 0.3 is 0 Å². The third-order valence-corrected chi connectivity index (χ3v) is 3.02. The molecule has 19 heavy (non-hydrogen) atoms. The summed E-state index contributed by atoms with van der Waals surface area (Å²) in [5.41, 5.74) is 0.531. The van der Waals surface area contributed by atoms with Crippen LogP contribution in [0.1, 0.15) is 24.6 Å². The van der Waals surface area contributed by atoms with Crippen LogP contribution in [0.15, 0.2) is 18.3 Å². The van der Waals surface area contributed by atoms with E-state index >= 15 is 0 Å². The fourth-order valence-electron chi connectivity index (χ4n) is 1.84. The minimum absolute atomic E-state index is 0.378. The molecule has 1 N–H and O–H groups in total. The van der Waals surface area contributed by atoms with Gasteiger partial charge < -0.3 is 14.9 Å². The van der Waals surface area contributed by atoms with Crippen molar-refractivity contribution in [1.29, 1.82) is 0 Å². The summed E-state index contributed by atoms with van der Waals surface area (Å²) in [6, 6.07) is 2.86. The van der Waals surface area contributed by atoms with Crippen LogP contribution >= 0.6 is 0 Å². The minimum Gasteiger partial charge on any atom is -0.387 e. The van der Waals surface area contributed by atoms with Crippen LogP contribution in [0.4, 0.5) is 4.39 Å². The van der Waals surface area contributed by atoms with Gasteiger partial charge in [0.05, 0.1) is 18.0 Å². The van der Waals surface area contributed by atoms with Crippen molar-refractivity contribution in [2.75, 3.05) is 40.8 Å². The number of nitrogens with zero attached hydrogens (tertiary/aromatic N) is 3. The number of halogens is 1. The van der Waals surface area contributed by atoms with Gasteiger partial charge in [0.2, 0.25) is 0 Å². The first kappa shape index (κ1) is 16.0. The number of rotatable bonds is 8. The molecule has 0 aromatic carbocycles. The molecule has 5 heteroatoms. The Bertz CT molecular complexity index is 356. The van der Waals surface area contributed by atoms with Crippen molar-refractivity contribution in [2.45, 2.75) is 18.9 Å². The lowest BCUT2D eigenvalue weighted by Gasteiger charge is -2.19. The summed E-state index contributed by atoms with van der Waals surface area (Å²) < 4.78 is 12.7. The van der Waals surface area contributed by atoms with E-state index in [2.05, 4.69) is 28.9 Å². The second kappa shape index (κ2) is 8.19. The molecule has 0 saturated carbocycles. The largest absolute Gasteiger partial charge is 0.387 e. The highest BCUT2D eigenvalue weighted by Crippen LogP contribution is 2.14. The van der Waals surface area contributed by atoms with Crippen molar-refractivity contribution in [1.82, 2.24) is 14.8 Å². The third-order valence-electron chi connectivity index (χ3n) is 3.02. The van der Waals surface area contributed by atoms with E-state index in [0.717, 1.165) is 32.3 Å². The predicted molar refractivity (Wildman–Crippen MR) is 74.4 cm³/mol. The smallest absolute Gasteiger partial charge is 0.141 e. The molecule has 0 aliphatic heterocycles. The second-order valence-corrected chi connectivity index (χ2v) is 5.17. The van der Waals surface area contributed by atoms with Gasteiger partial charge in [-0.1, -0.05) is 0 Å². The summed E-state index contributed by atoms with van der Waals surface area (Å²) in [5.74, 6) is -0.378. The van der Waals surface area contributed by atoms with Gasteiger partial charge in [0.25, 0.3) is 0 Å². The number of pyridine rings is 1. The average Bonchev–Trinajstić information content (AvgIpc) is 2.36. The van der Waals surface area contributed by atoms with Crippen molar-refractivity contribution < 1.29 is 9.50 Å². The van der Waals surface area contributed by atoms with Crippen LogP contribution in [-0.2, 0) is 0 Å². The highest BCUT2D eigenvalue weighted by Gasteiger charge is 2.10. The van der Waals surface area contributed by atoms with Crippen LogP contribution in [0.3, 0.4) is 0 Å². The zero-order valence-corrected chi connectivity index (χ0v) is 12.0. The van der Waals surface area contributed by atoms with Gasteiger partial charge in [0.15, 0.2) is 0 Å². The highest BCUT2D eigenvalue weighted by atomic mass is 19.1. The standard InChI is InChI=1S/C14H24FN3O/c1-17(2)8-4-9-18(3)10-7-14(19)13-6-5-12(15)11-16-13/h5-6,11,14,19H,4,7-10H2,1-3H3. The van der Waals surface area contributed by atoms with E-state index in [1.165, 1.54) is 12.1 Å². The van der Waals surface area contributed by atoms with E-state index in [-0.39, 0.29) is 5.82 Å². The number of aromatic nitrogens is 1. The van der Waals surface area contributed by atoms with Crippen LogP contribution in [0, 0.1) is 5.82 Å². The maximum Gasteiger partial charge on any atom is 0.141 e. The normalized spacial score (nSPS) is 13.2. The summed E-state index contributed by atoms with van der Waals surface area (Å²) in [4.78, 5) is 8.24. The lowest BCUT2D eigenvalue weighted by atomic mass is 10.1. The molecule has 0 saturated heterocycles. The van der Waals surface area contributed by atoms with Gasteiger partial charge in [0.1, 0.15) is 5.82 Å². The first-order valence-corrected chi connectivity index (χ1v) is 6.62. The minimum atomic E-state index is -0.628. The molecule has 1 heterocycles. The molecule has 1 atom stereocenters. The predicted octanol–water partition coefficient (Wildman–Crippen LogP) is 1.53. The van der Waals surface area contributed by atoms with Crippen molar-refractivity contribution >= 4 is 0 Å². The van der Waals surface area contributed by atoms with Crippen LogP contribution in [-0.4, -0.2) is 60.7 Å². The summed E-state index contributed by atoms with van der Waals surface area (Å²) in [5, 5.41) is 9.95. The zero-order valence-electron chi connectivity index (χ0n) is 12.0. The first-order valence-electron chi connectivity index (χ1n) is 6.62. The molecule has 0 bridgehead atoms. The fourth-order valence-corrected chi connectivity index (χ4v) is 1.84. The number of hydrogen-bond donors (Lipinski definition) is 1. The van der Waals surface area contributed by atoms with Gasteiger partial charge in [-0.25, -0.2) is 4.39 Å². The third kappa shape index (κ3) is 6.61. The van der Waals surface area contributed by atoms with Gasteiger partial charge in [-0.2, -0.15) is 0 Å². The maximum atomic E-state index is 12.7. The Morgan fingerprint density at radius 1 is 1.21 bits per heavy atom. The summed E-state index contributed by atoms with van der Waals surface area (Å²) >= 11 is 0. The molecule has 0 aliphatic rings. The number of aliphatic hydroxyl groups excluding tert-OH is 1. The van der Waals surface area contributed by atoms with Crippen LogP contribution in [0.5, 0.6) is 0 Å². The van der Waals surface area contributed by atoms with Crippen molar-refractivity contribution in [3.05, 3.63) is 29.8 Å². The first-order chi connectivity index (χ1) is 8.99. The molecule has 0 amide bonds. The van der Waals surface area contributed by atoms with Crippen LogP contribution < -0.4 is 0 Å². The summed E-state index contributed by atoms with van der Waals surface area (Å²) in [6.45, 7) is 2.86. The van der Waals surface area contributed by atoms with E-state index in [9.17, 15) is 9.50 Å². The SMILES string of the molecule is CN(C)CCCN(C)CCC(O)c1ccc(F)cn1. The Balaban J connectivity index is 2.25. The van der Waals surface area contributed by atoms with Crippen molar-refractivity contribution in [3.63, 3.8) is 0 Å². The second-order valence-electron chi connectivity index (χ2n) is 5.17. The molecule has 1 aromatic heterocycles. The molecular formula is C14H24FN3O. The Kier molecular flexibility index (Phi) is 6.91. The van der Waals surface area contributed by atoms with Gasteiger partial charge in [-0.3, -0.25) is 4.98 Å². The Morgan fingerprint density at radius 3 is 2.53 bits per heavy atom. The van der Waals surface area contributed by atoms with E-state index in [1.807, 2.05) is 7.05 Å². The van der Waals surface area contributed by atoms with Gasteiger partial charge in [-0.05, 0) is 59.2 Å². The Labute approximate surface area is 114 Å². The molecule has 1 aromatic rings. The molecule has 1 rings (SSSR count). The lowest BCUT2D eigenvalue weighted by molar-refractivity contribution is 0.144. The van der Waals surface area contributed by atoms with Crippen LogP contribution in [0.25, 0.3) is 0 Å². The molecular weight excluding hydrogens is 245 g/mol. The van der Waals surface area contributed by atoms with Gasteiger partial charge in [-0.15, -0.1) is 0 Å². The fraction of sp³-hybridized carbons (Fsp3) is 0.643. The molecule has 4 nitrogen and oxygen atoms in total. The topological polar surface area (TPSA) is 39.6 Å². The summed E-state index contributed by atoms with van der Waals surface area (Å²) in [6.07, 6.45) is 2.22. The Morgan fingerprint density at radius 2 is 1.95 bits per heavy atom. The molecule has 0 radical (unpaired) electrons. The Hall–Kier alpha value is -1.04. The zero-order chi connectivity index (χ0) is 14.3. The molecule has 108 valence electrons. The van der Waals surface area contributed by atoms with E-state index in [1.54, 1.807) is 0 Å². The van der Waals surface area contributed by atoms with E-state index < -0.39 is 6.10 Å². The quantitative estimate of drug-likeness (QED) is 0.777. The highest BCUT2D eigenvalue weighted by molar-refractivity contribution is 5.07. The maximum absolute atomic E-state index is 12.7. The summed E-state index contributed by atoms with van der Waals surface area (Å²) in [7, 11) is 6.16. The molecule has 1 unspecified atom stereocenters. The van der Waals surface area contributed by atoms with E-state index in [0.29, 0.717) is 12.1 Å². The molecule has 0 spiro atoms. The molecule has 0 fully saturated rings. The van der Waals surface area contributed by atoms with Crippen molar-refractivity contribution in [2.24, 2.45) is 0 Å². The monoisotopic (exact) mass is 269 g/mol. The van der Waals surface area contributed by atoms with Crippen molar-refractivity contribution in [3.8, 4) is 0 Å². The van der Waals surface area contributed by atoms with Gasteiger partial charge in [0, 0.05) is 6.54 Å². The lowest BCUT2D eigenvalue weighted by Crippen LogP contribution is -2.25.